The van der Waals surface area contributed by atoms with E-state index in [0.717, 1.165) is 38.4 Å². The Morgan fingerprint density at radius 2 is 1.62 bits per heavy atom. The molecule has 0 saturated heterocycles. The van der Waals surface area contributed by atoms with Crippen molar-refractivity contribution in [3.05, 3.63) is 83.6 Å². The van der Waals surface area contributed by atoms with Crippen LogP contribution in [-0.2, 0) is 4.57 Å². The number of hydrogen-bond acceptors (Lipinski definition) is 3. The third-order valence-corrected chi connectivity index (χ3v) is 6.54. The molecule has 0 spiro atoms. The quantitative estimate of drug-likeness (QED) is 0.376. The summed E-state index contributed by atoms with van der Waals surface area (Å²) in [5.41, 5.74) is 4.37. The number of benzene rings is 3. The highest BCUT2D eigenvalue weighted by Crippen LogP contribution is 2.39. The van der Waals surface area contributed by atoms with Crippen LogP contribution in [0.2, 0.25) is 0 Å². The van der Waals surface area contributed by atoms with Crippen LogP contribution >= 0.6 is 18.9 Å². The van der Waals surface area contributed by atoms with Crippen molar-refractivity contribution in [2.45, 2.75) is 0 Å². The molecule has 2 N–H and O–H groups in total. The van der Waals surface area contributed by atoms with Gasteiger partial charge in [0.2, 0.25) is 0 Å². The molecule has 2 heterocycles. The first-order valence-electron chi connectivity index (χ1n) is 9.02. The fourth-order valence-corrected chi connectivity index (χ4v) is 4.81. The second-order valence-corrected chi connectivity index (χ2v) is 9.17. The summed E-state index contributed by atoms with van der Waals surface area (Å²) in [5, 5.41) is 7.14. The maximum absolute atomic E-state index is 11.8. The Kier molecular flexibility index (Phi) is 4.34. The Balaban J connectivity index is 1.89. The standard InChI is InChI=1S/C23H16NO3PS/c25-28(26,27)22-9-8-16-12-18(17-10-11-29-14-17)13-21(23(16)24-22)20-7-3-5-15-4-1-2-6-19(15)20/h1-14H,(H2,25,26,27). The van der Waals surface area contributed by atoms with Crippen molar-refractivity contribution in [1.82, 2.24) is 4.98 Å². The lowest BCUT2D eigenvalue weighted by Gasteiger charge is -2.13. The minimum absolute atomic E-state index is 0.213. The van der Waals surface area contributed by atoms with Crippen molar-refractivity contribution in [1.29, 1.82) is 0 Å². The lowest BCUT2D eigenvalue weighted by molar-refractivity contribution is 0.386. The zero-order valence-corrected chi connectivity index (χ0v) is 16.9. The van der Waals surface area contributed by atoms with Gasteiger partial charge in [0.15, 0.2) is 5.44 Å². The molecule has 29 heavy (non-hydrogen) atoms. The number of thiophene rings is 1. The second kappa shape index (κ2) is 6.90. The van der Waals surface area contributed by atoms with E-state index in [0.29, 0.717) is 5.52 Å². The van der Waals surface area contributed by atoms with Crippen molar-refractivity contribution >= 4 is 46.0 Å². The van der Waals surface area contributed by atoms with Gasteiger partial charge in [-0.15, -0.1) is 0 Å². The molecule has 0 radical (unpaired) electrons. The van der Waals surface area contributed by atoms with Crippen LogP contribution in [-0.4, -0.2) is 14.8 Å². The second-order valence-electron chi connectivity index (χ2n) is 6.85. The van der Waals surface area contributed by atoms with Crippen LogP contribution in [0.25, 0.3) is 43.9 Å². The van der Waals surface area contributed by atoms with Gasteiger partial charge in [-0.25, -0.2) is 4.98 Å². The molecule has 0 aliphatic rings. The molecular formula is C23H16NO3PS. The Morgan fingerprint density at radius 3 is 2.41 bits per heavy atom. The topological polar surface area (TPSA) is 70.4 Å². The zero-order valence-electron chi connectivity index (χ0n) is 15.2. The highest BCUT2D eigenvalue weighted by atomic mass is 32.1. The van der Waals surface area contributed by atoms with E-state index in [1.807, 2.05) is 35.7 Å². The highest BCUT2D eigenvalue weighted by molar-refractivity contribution is 7.60. The van der Waals surface area contributed by atoms with Crippen LogP contribution in [0.3, 0.4) is 0 Å². The molecule has 0 saturated carbocycles. The maximum Gasteiger partial charge on any atom is 0.374 e. The molecular weight excluding hydrogens is 401 g/mol. The zero-order chi connectivity index (χ0) is 20.0. The first-order chi connectivity index (χ1) is 14.0. The molecule has 142 valence electrons. The van der Waals surface area contributed by atoms with Crippen LogP contribution in [0.15, 0.2) is 83.6 Å². The van der Waals surface area contributed by atoms with Crippen molar-refractivity contribution in [3.8, 4) is 22.3 Å². The Bertz CT molecular complexity index is 1400. The monoisotopic (exact) mass is 417 g/mol. The van der Waals surface area contributed by atoms with Crippen LogP contribution in [0.4, 0.5) is 0 Å². The van der Waals surface area contributed by atoms with E-state index in [1.165, 1.54) is 6.07 Å². The molecule has 0 amide bonds. The molecule has 6 heteroatoms. The minimum Gasteiger partial charge on any atom is -0.320 e. The van der Waals surface area contributed by atoms with E-state index in [2.05, 4.69) is 40.7 Å². The largest absolute Gasteiger partial charge is 0.374 e. The number of aromatic nitrogens is 1. The predicted molar refractivity (Wildman–Crippen MR) is 120 cm³/mol. The van der Waals surface area contributed by atoms with E-state index >= 15 is 0 Å². The molecule has 5 rings (SSSR count). The Morgan fingerprint density at radius 1 is 0.793 bits per heavy atom. The molecule has 2 aromatic heterocycles. The van der Waals surface area contributed by atoms with Gasteiger partial charge in [0, 0.05) is 10.9 Å². The van der Waals surface area contributed by atoms with Gasteiger partial charge in [0.05, 0.1) is 5.52 Å². The van der Waals surface area contributed by atoms with Crippen LogP contribution in [0.1, 0.15) is 0 Å². The Labute approximate surface area is 171 Å². The first-order valence-corrected chi connectivity index (χ1v) is 11.6. The van der Waals surface area contributed by atoms with E-state index in [9.17, 15) is 14.4 Å². The molecule has 0 aliphatic heterocycles. The molecule has 0 fully saturated rings. The molecule has 0 bridgehead atoms. The van der Waals surface area contributed by atoms with Crippen molar-refractivity contribution in [3.63, 3.8) is 0 Å². The fourth-order valence-electron chi connectivity index (χ4n) is 3.65. The summed E-state index contributed by atoms with van der Waals surface area (Å²) in [6.07, 6.45) is 0. The summed E-state index contributed by atoms with van der Waals surface area (Å²) < 4.78 is 11.8. The minimum atomic E-state index is -4.45. The number of pyridine rings is 1. The lowest BCUT2D eigenvalue weighted by Crippen LogP contribution is -2.09. The van der Waals surface area contributed by atoms with Crippen LogP contribution in [0.5, 0.6) is 0 Å². The van der Waals surface area contributed by atoms with Crippen molar-refractivity contribution in [2.75, 3.05) is 0 Å². The van der Waals surface area contributed by atoms with Gasteiger partial charge < -0.3 is 9.79 Å². The average Bonchev–Trinajstić information content (AvgIpc) is 3.26. The summed E-state index contributed by atoms with van der Waals surface area (Å²) in [6.45, 7) is 0. The molecule has 0 unspecified atom stereocenters. The number of hydrogen-bond donors (Lipinski definition) is 2. The number of rotatable bonds is 3. The molecule has 3 aromatic carbocycles. The van der Waals surface area contributed by atoms with Gasteiger partial charge >= 0.3 is 7.60 Å². The van der Waals surface area contributed by atoms with Crippen LogP contribution < -0.4 is 5.44 Å². The third-order valence-electron chi connectivity index (χ3n) is 5.01. The van der Waals surface area contributed by atoms with E-state index < -0.39 is 7.60 Å². The van der Waals surface area contributed by atoms with E-state index in [1.54, 1.807) is 17.4 Å². The Hall–Kier alpha value is -2.82. The summed E-state index contributed by atoms with van der Waals surface area (Å²) in [4.78, 5) is 23.7. The average molecular weight is 417 g/mol. The molecule has 4 nitrogen and oxygen atoms in total. The molecule has 5 aromatic rings. The summed E-state index contributed by atoms with van der Waals surface area (Å²) >= 11 is 1.63. The molecule has 0 atom stereocenters. The fraction of sp³-hybridized carbons (Fsp3) is 0. The van der Waals surface area contributed by atoms with E-state index in [-0.39, 0.29) is 5.44 Å². The van der Waals surface area contributed by atoms with Gasteiger partial charge in [-0.1, -0.05) is 48.5 Å². The predicted octanol–water partition coefficient (Wildman–Crippen LogP) is 5.59. The van der Waals surface area contributed by atoms with E-state index in [4.69, 9.17) is 0 Å². The molecule has 0 aliphatic carbocycles. The maximum atomic E-state index is 11.8. The van der Waals surface area contributed by atoms with Gasteiger partial charge in [0.1, 0.15) is 0 Å². The third kappa shape index (κ3) is 3.28. The van der Waals surface area contributed by atoms with Gasteiger partial charge in [0.25, 0.3) is 0 Å². The summed E-state index contributed by atoms with van der Waals surface area (Å²) in [6, 6.07) is 23.5. The van der Waals surface area contributed by atoms with Crippen molar-refractivity contribution in [2.24, 2.45) is 0 Å². The van der Waals surface area contributed by atoms with Crippen molar-refractivity contribution < 1.29 is 14.4 Å². The van der Waals surface area contributed by atoms with Gasteiger partial charge in [-0.3, -0.25) is 4.57 Å². The normalized spacial score (nSPS) is 11.9. The number of nitrogens with zero attached hydrogens (tertiary/aromatic N) is 1. The highest BCUT2D eigenvalue weighted by Gasteiger charge is 2.21. The summed E-state index contributed by atoms with van der Waals surface area (Å²) in [7, 11) is -4.45. The smallest absolute Gasteiger partial charge is 0.320 e. The number of fused-ring (bicyclic) bond motifs is 2. The van der Waals surface area contributed by atoms with Crippen LogP contribution in [0, 0.1) is 0 Å². The lowest BCUT2D eigenvalue weighted by atomic mass is 9.93. The van der Waals surface area contributed by atoms with Gasteiger partial charge in [-0.05, 0) is 62.5 Å². The summed E-state index contributed by atoms with van der Waals surface area (Å²) in [5.74, 6) is 0. The first kappa shape index (κ1) is 18.2. The SMILES string of the molecule is O=P(O)(O)c1ccc2cc(-c3ccsc3)cc(-c3cccc4ccccc34)c2n1. The van der Waals surface area contributed by atoms with Gasteiger partial charge in [-0.2, -0.15) is 11.3 Å².